The fraction of sp³-hybridized carbons (Fsp3) is 0.125. The summed E-state index contributed by atoms with van der Waals surface area (Å²) >= 11 is 5.84. The van der Waals surface area contributed by atoms with E-state index in [1.165, 1.54) is 6.92 Å². The van der Waals surface area contributed by atoms with E-state index in [2.05, 4.69) is 10.5 Å². The number of hydrogen-bond acceptors (Lipinski definition) is 3. The molecule has 5 nitrogen and oxygen atoms in total. The highest BCUT2D eigenvalue weighted by Gasteiger charge is 2.17. The zero-order valence-electron chi connectivity index (χ0n) is 12.6. The van der Waals surface area contributed by atoms with E-state index < -0.39 is 23.6 Å². The highest BCUT2D eigenvalue weighted by molar-refractivity contribution is 6.31. The average molecular weight is 354 g/mol. The van der Waals surface area contributed by atoms with Gasteiger partial charge in [0.1, 0.15) is 11.6 Å². The van der Waals surface area contributed by atoms with E-state index in [4.69, 9.17) is 22.2 Å². The highest BCUT2D eigenvalue weighted by atomic mass is 35.5. The number of carbonyl (C=O) groups is 1. The Hall–Kier alpha value is -2.67. The van der Waals surface area contributed by atoms with Crippen molar-refractivity contribution < 1.29 is 18.4 Å². The first kappa shape index (κ1) is 17.7. The second-order valence-corrected chi connectivity index (χ2v) is 5.28. The summed E-state index contributed by atoms with van der Waals surface area (Å²) in [7, 11) is 0. The van der Waals surface area contributed by atoms with Gasteiger partial charge in [-0.1, -0.05) is 28.9 Å². The molecule has 0 radical (unpaired) electrons. The molecule has 24 heavy (non-hydrogen) atoms. The maximum atomic E-state index is 13.5. The first-order chi connectivity index (χ1) is 11.4. The van der Waals surface area contributed by atoms with E-state index in [1.54, 1.807) is 24.3 Å². The third kappa shape index (κ3) is 4.66. The lowest BCUT2D eigenvalue weighted by molar-refractivity contribution is -0.126. The van der Waals surface area contributed by atoms with Crippen LogP contribution in [-0.2, 0) is 9.63 Å². The van der Waals surface area contributed by atoms with Crippen LogP contribution in [0.25, 0.3) is 0 Å². The number of oxime groups is 1. The Bertz CT molecular complexity index is 784. The normalized spacial score (nSPS) is 12.6. The Labute approximate surface area is 142 Å². The van der Waals surface area contributed by atoms with E-state index in [0.29, 0.717) is 16.7 Å². The Morgan fingerprint density at radius 2 is 2.04 bits per heavy atom. The molecule has 2 aromatic carbocycles. The number of benzene rings is 2. The van der Waals surface area contributed by atoms with Gasteiger partial charge in [-0.15, -0.1) is 0 Å². The van der Waals surface area contributed by atoms with Crippen molar-refractivity contribution in [2.45, 2.75) is 13.0 Å². The summed E-state index contributed by atoms with van der Waals surface area (Å²) in [6, 6.07) is 9.42. The molecule has 0 aliphatic carbocycles. The number of nitrogens with zero attached hydrogens (tertiary/aromatic N) is 1. The van der Waals surface area contributed by atoms with Gasteiger partial charge in [-0.3, -0.25) is 4.79 Å². The second-order valence-electron chi connectivity index (χ2n) is 4.85. The van der Waals surface area contributed by atoms with Gasteiger partial charge in [0.2, 0.25) is 6.10 Å². The summed E-state index contributed by atoms with van der Waals surface area (Å²) in [4.78, 5) is 16.9. The van der Waals surface area contributed by atoms with Crippen LogP contribution in [0.1, 0.15) is 12.5 Å². The van der Waals surface area contributed by atoms with E-state index >= 15 is 0 Å². The van der Waals surface area contributed by atoms with Crippen molar-refractivity contribution in [2.75, 3.05) is 5.32 Å². The molecule has 0 saturated heterocycles. The highest BCUT2D eigenvalue weighted by Crippen LogP contribution is 2.15. The van der Waals surface area contributed by atoms with Crippen LogP contribution in [-0.4, -0.2) is 17.8 Å². The second kappa shape index (κ2) is 7.74. The van der Waals surface area contributed by atoms with Crippen molar-refractivity contribution in [2.24, 2.45) is 10.9 Å². The third-order valence-electron chi connectivity index (χ3n) is 2.99. The van der Waals surface area contributed by atoms with Crippen LogP contribution in [0, 0.1) is 11.6 Å². The molecular weight excluding hydrogens is 340 g/mol. The molecule has 0 fully saturated rings. The predicted molar refractivity (Wildman–Crippen MR) is 87.7 cm³/mol. The molecule has 0 aromatic heterocycles. The standard InChI is InChI=1S/C16H14ClF2N3O2/c1-9(16(23)21-14-6-5-12(18)8-13(14)19)24-22-15(20)10-3-2-4-11(17)7-10/h2-9H,1H3,(H2,20,22)(H,21,23). The quantitative estimate of drug-likeness (QED) is 0.492. The van der Waals surface area contributed by atoms with Crippen molar-refractivity contribution in [3.05, 3.63) is 64.7 Å². The van der Waals surface area contributed by atoms with E-state index in [-0.39, 0.29) is 11.5 Å². The number of nitrogens with one attached hydrogen (secondary N) is 1. The number of rotatable bonds is 5. The van der Waals surface area contributed by atoms with Gasteiger partial charge in [0.05, 0.1) is 5.69 Å². The monoisotopic (exact) mass is 353 g/mol. The smallest absolute Gasteiger partial charge is 0.268 e. The summed E-state index contributed by atoms with van der Waals surface area (Å²) in [5, 5.41) is 6.40. The van der Waals surface area contributed by atoms with Crippen molar-refractivity contribution >= 4 is 29.0 Å². The van der Waals surface area contributed by atoms with Gasteiger partial charge in [-0.05, 0) is 31.2 Å². The Kier molecular flexibility index (Phi) is 5.70. The number of hydrogen-bond donors (Lipinski definition) is 2. The van der Waals surface area contributed by atoms with E-state index in [0.717, 1.165) is 12.1 Å². The molecule has 1 unspecified atom stereocenters. The summed E-state index contributed by atoms with van der Waals surface area (Å²) in [5.41, 5.74) is 6.10. The first-order valence-electron chi connectivity index (χ1n) is 6.88. The van der Waals surface area contributed by atoms with Gasteiger partial charge in [-0.2, -0.15) is 0 Å². The minimum Gasteiger partial charge on any atom is -0.381 e. The van der Waals surface area contributed by atoms with E-state index in [1.807, 2.05) is 0 Å². The molecule has 0 heterocycles. The molecule has 0 aliphatic rings. The van der Waals surface area contributed by atoms with Crippen LogP contribution >= 0.6 is 11.6 Å². The topological polar surface area (TPSA) is 76.7 Å². The van der Waals surface area contributed by atoms with Gasteiger partial charge >= 0.3 is 0 Å². The van der Waals surface area contributed by atoms with Gasteiger partial charge in [0.15, 0.2) is 5.84 Å². The average Bonchev–Trinajstić information content (AvgIpc) is 2.54. The number of anilines is 1. The van der Waals surface area contributed by atoms with Crippen molar-refractivity contribution in [1.82, 2.24) is 0 Å². The molecule has 126 valence electrons. The van der Waals surface area contributed by atoms with Gasteiger partial charge < -0.3 is 15.9 Å². The lowest BCUT2D eigenvalue weighted by atomic mass is 10.2. The van der Waals surface area contributed by atoms with Crippen molar-refractivity contribution in [3.8, 4) is 0 Å². The number of amidine groups is 1. The summed E-state index contributed by atoms with van der Waals surface area (Å²) in [6.45, 7) is 1.41. The molecule has 8 heteroatoms. The molecule has 2 aromatic rings. The molecule has 1 amide bonds. The van der Waals surface area contributed by atoms with Crippen LogP contribution in [0.2, 0.25) is 5.02 Å². The van der Waals surface area contributed by atoms with Gasteiger partial charge in [0, 0.05) is 16.7 Å². The number of halogens is 3. The zero-order valence-corrected chi connectivity index (χ0v) is 13.3. The molecule has 3 N–H and O–H groups in total. The minimum absolute atomic E-state index is 0.0325. The minimum atomic E-state index is -1.05. The maximum Gasteiger partial charge on any atom is 0.268 e. The summed E-state index contributed by atoms with van der Waals surface area (Å²) in [5.74, 6) is -2.26. The van der Waals surface area contributed by atoms with E-state index in [9.17, 15) is 13.6 Å². The zero-order chi connectivity index (χ0) is 17.7. The summed E-state index contributed by atoms with van der Waals surface area (Å²) < 4.78 is 26.3. The Morgan fingerprint density at radius 1 is 1.29 bits per heavy atom. The molecule has 0 aliphatic heterocycles. The van der Waals surface area contributed by atoms with Crippen LogP contribution < -0.4 is 11.1 Å². The van der Waals surface area contributed by atoms with Crippen LogP contribution in [0.4, 0.5) is 14.5 Å². The molecule has 0 spiro atoms. The van der Waals surface area contributed by atoms with Gasteiger partial charge in [0.25, 0.3) is 5.91 Å². The summed E-state index contributed by atoms with van der Waals surface area (Å²) in [6.07, 6.45) is -1.05. The first-order valence-corrected chi connectivity index (χ1v) is 7.26. The largest absolute Gasteiger partial charge is 0.381 e. The molecule has 1 atom stereocenters. The Balaban J connectivity index is 1.99. The third-order valence-corrected chi connectivity index (χ3v) is 3.22. The van der Waals surface area contributed by atoms with Crippen LogP contribution in [0.15, 0.2) is 47.6 Å². The van der Waals surface area contributed by atoms with Crippen LogP contribution in [0.5, 0.6) is 0 Å². The van der Waals surface area contributed by atoms with Gasteiger partial charge in [-0.25, -0.2) is 8.78 Å². The number of amides is 1. The van der Waals surface area contributed by atoms with Crippen molar-refractivity contribution in [1.29, 1.82) is 0 Å². The molecular formula is C16H14ClF2N3O2. The maximum absolute atomic E-state index is 13.5. The lowest BCUT2D eigenvalue weighted by Gasteiger charge is -2.12. The fourth-order valence-corrected chi connectivity index (χ4v) is 1.90. The number of carbonyl (C=O) groups excluding carboxylic acids is 1. The van der Waals surface area contributed by atoms with Crippen LogP contribution in [0.3, 0.4) is 0 Å². The Morgan fingerprint density at radius 3 is 2.71 bits per heavy atom. The molecule has 2 rings (SSSR count). The SMILES string of the molecule is CC(O/N=C(\N)c1cccc(Cl)c1)C(=O)Nc1ccc(F)cc1F. The fourth-order valence-electron chi connectivity index (χ4n) is 1.71. The predicted octanol–water partition coefficient (Wildman–Crippen LogP) is 3.28. The van der Waals surface area contributed by atoms with Crippen molar-refractivity contribution in [3.63, 3.8) is 0 Å². The number of nitrogens with two attached hydrogens (primary N) is 1. The molecule has 0 bridgehead atoms. The lowest BCUT2D eigenvalue weighted by Crippen LogP contribution is -2.28. The molecule has 0 saturated carbocycles.